The van der Waals surface area contributed by atoms with Crippen LogP contribution < -0.4 is 0 Å². The largest absolute Gasteiger partial charge is 0.481 e. The molecule has 0 spiro atoms. The van der Waals surface area contributed by atoms with Crippen molar-refractivity contribution >= 4 is 59.6 Å². The minimum Gasteiger partial charge on any atom is -0.481 e. The number of carboxylic acids is 1. The van der Waals surface area contributed by atoms with Gasteiger partial charge in [0.1, 0.15) is 11.4 Å². The van der Waals surface area contributed by atoms with Crippen LogP contribution in [0.3, 0.4) is 0 Å². The summed E-state index contributed by atoms with van der Waals surface area (Å²) < 4.78 is 100. The molecule has 0 bridgehead atoms. The molecule has 0 amide bonds. The van der Waals surface area contributed by atoms with E-state index in [9.17, 15) is 48.8 Å². The maximum Gasteiger partial charge on any atom is 0.311 e. The lowest BCUT2D eigenvalue weighted by Crippen LogP contribution is -2.32. The third-order valence-corrected chi connectivity index (χ3v) is 9.17. The van der Waals surface area contributed by atoms with Crippen molar-refractivity contribution in [2.24, 2.45) is 4.99 Å². The fourth-order valence-corrected chi connectivity index (χ4v) is 6.59. The molecule has 16 heteroatoms. The van der Waals surface area contributed by atoms with Crippen molar-refractivity contribution in [2.45, 2.75) is 49.3 Å². The van der Waals surface area contributed by atoms with Crippen molar-refractivity contribution in [3.05, 3.63) is 53.6 Å². The molecule has 1 aliphatic rings. The lowest BCUT2D eigenvalue weighted by Gasteiger charge is -2.23. The maximum absolute atomic E-state index is 12.3. The minimum atomic E-state index is -4.88. The molecule has 0 saturated heterocycles. The Kier molecular flexibility index (Phi) is 9.57. The van der Waals surface area contributed by atoms with E-state index in [0.29, 0.717) is 17.0 Å². The quantitative estimate of drug-likeness (QED) is 0.143. The molecular formula is C25H31N2O11S3+. The van der Waals surface area contributed by atoms with Gasteiger partial charge in [-0.05, 0) is 44.0 Å². The van der Waals surface area contributed by atoms with E-state index in [4.69, 9.17) is 0 Å². The number of carbonyl (C=O) groups is 1. The summed E-state index contributed by atoms with van der Waals surface area (Å²) in [5.74, 6) is -4.62. The highest BCUT2D eigenvalue weighted by Gasteiger charge is 2.49. The molecule has 0 fully saturated rings. The number of hydrogen-bond donors (Lipinski definition) is 4. The number of rotatable bonds is 13. The molecular weight excluding hydrogens is 600 g/mol. The molecule has 0 aromatic heterocycles. The molecule has 2 aromatic carbocycles. The first-order valence-electron chi connectivity index (χ1n) is 12.3. The summed E-state index contributed by atoms with van der Waals surface area (Å²) in [7, 11) is -13.8. The van der Waals surface area contributed by atoms with Gasteiger partial charge >= 0.3 is 5.97 Å². The van der Waals surface area contributed by atoms with Crippen molar-refractivity contribution < 1.29 is 53.4 Å². The average Bonchev–Trinajstić information content (AvgIpc) is 3.04. The zero-order chi connectivity index (χ0) is 30.8. The van der Waals surface area contributed by atoms with Gasteiger partial charge in [-0.25, -0.2) is 0 Å². The highest BCUT2D eigenvalue weighted by atomic mass is 32.2. The predicted molar refractivity (Wildman–Crippen MR) is 151 cm³/mol. The molecule has 13 nitrogen and oxygen atoms in total. The first-order chi connectivity index (χ1) is 18.8. The van der Waals surface area contributed by atoms with Gasteiger partial charge in [0.2, 0.25) is 5.69 Å². The average molecular weight is 632 g/mol. The van der Waals surface area contributed by atoms with Crippen LogP contribution in [0.1, 0.15) is 50.2 Å². The van der Waals surface area contributed by atoms with Gasteiger partial charge in [0.05, 0.1) is 34.9 Å². The number of aliphatic carboxylic acids is 1. The van der Waals surface area contributed by atoms with Crippen molar-refractivity contribution in [1.82, 2.24) is 0 Å². The summed E-state index contributed by atoms with van der Waals surface area (Å²) in [5.41, 5.74) is 0.597. The lowest BCUT2D eigenvalue weighted by atomic mass is 9.75. The van der Waals surface area contributed by atoms with Gasteiger partial charge in [-0.2, -0.15) is 29.8 Å². The number of nitrogens with zero attached hydrogens (tertiary/aromatic N) is 2. The molecule has 41 heavy (non-hydrogen) atoms. The standard InChI is InChI=1S/C25H30N2O11S3/c1-25(2)22(9-11-26-17-7-4-3-5-8-17)27(12-6-13-39(30,31)32)21-16-18(41(36,37)38)15-20(23(21)25)19(24(28)29)10-14-40(33,34)35/h3-5,7-8,11,15-16,19H,6,9-10,12-14H2,1-2H3,(H3-,28,29,30,31,32,33,34,35,36,37,38)/p+1. The highest BCUT2D eigenvalue weighted by molar-refractivity contribution is 7.86. The van der Waals surface area contributed by atoms with E-state index in [-0.39, 0.29) is 30.6 Å². The molecule has 1 atom stereocenters. The van der Waals surface area contributed by atoms with Crippen LogP contribution in [0.15, 0.2) is 52.4 Å². The second-order valence-corrected chi connectivity index (χ2v) is 14.6. The van der Waals surface area contributed by atoms with Gasteiger partial charge in [0.25, 0.3) is 30.4 Å². The van der Waals surface area contributed by atoms with E-state index in [2.05, 4.69) is 4.99 Å². The van der Waals surface area contributed by atoms with Crippen molar-refractivity contribution in [2.75, 3.05) is 18.1 Å². The molecule has 1 aliphatic heterocycles. The third-order valence-electron chi connectivity index (χ3n) is 6.79. The molecule has 0 radical (unpaired) electrons. The van der Waals surface area contributed by atoms with Crippen molar-refractivity contribution in [3.8, 4) is 0 Å². The van der Waals surface area contributed by atoms with E-state index in [0.717, 1.165) is 12.1 Å². The topological polar surface area (TPSA) is 216 Å². The van der Waals surface area contributed by atoms with Gasteiger partial charge in [0, 0.05) is 24.3 Å². The minimum absolute atomic E-state index is 0.0398. The summed E-state index contributed by atoms with van der Waals surface area (Å²) in [6, 6.07) is 11.0. The molecule has 0 saturated carbocycles. The van der Waals surface area contributed by atoms with Gasteiger partial charge in [-0.15, -0.1) is 0 Å². The van der Waals surface area contributed by atoms with E-state index in [1.807, 2.05) is 6.07 Å². The van der Waals surface area contributed by atoms with Crippen LogP contribution >= 0.6 is 0 Å². The number of carboxylic acid groups (broad SMARTS) is 1. The van der Waals surface area contributed by atoms with Gasteiger partial charge in [0.15, 0.2) is 5.71 Å². The van der Waals surface area contributed by atoms with E-state index in [1.54, 1.807) is 48.9 Å². The second-order valence-electron chi connectivity index (χ2n) is 10.1. The summed E-state index contributed by atoms with van der Waals surface area (Å²) in [6.45, 7) is 3.43. The Hall–Kier alpha value is -3.02. The van der Waals surface area contributed by atoms with Crippen molar-refractivity contribution in [3.63, 3.8) is 0 Å². The van der Waals surface area contributed by atoms with E-state index >= 15 is 0 Å². The molecule has 1 unspecified atom stereocenters. The number of aliphatic imine (C=N–C) groups is 1. The van der Waals surface area contributed by atoms with Crippen LogP contribution in [0.5, 0.6) is 0 Å². The van der Waals surface area contributed by atoms with Gasteiger partial charge < -0.3 is 5.11 Å². The zero-order valence-electron chi connectivity index (χ0n) is 22.2. The molecule has 4 N–H and O–H groups in total. The Labute approximate surface area is 238 Å². The fraction of sp³-hybridized carbons (Fsp3) is 0.400. The van der Waals surface area contributed by atoms with Crippen LogP contribution in [0.4, 0.5) is 11.4 Å². The Bertz CT molecular complexity index is 1710. The fourth-order valence-electron chi connectivity index (χ4n) is 5.02. The first kappa shape index (κ1) is 32.5. The maximum atomic E-state index is 12.3. The Balaban J connectivity index is 2.26. The number of para-hydroxylation sites is 1. The summed E-state index contributed by atoms with van der Waals surface area (Å²) >= 11 is 0. The molecule has 224 valence electrons. The van der Waals surface area contributed by atoms with Crippen LogP contribution in [-0.4, -0.2) is 84.5 Å². The van der Waals surface area contributed by atoms with Crippen LogP contribution in [0.25, 0.3) is 0 Å². The van der Waals surface area contributed by atoms with E-state index in [1.165, 1.54) is 0 Å². The monoisotopic (exact) mass is 631 g/mol. The van der Waals surface area contributed by atoms with E-state index < -0.39 is 70.5 Å². The zero-order valence-corrected chi connectivity index (χ0v) is 24.7. The van der Waals surface area contributed by atoms with Crippen LogP contribution in [0.2, 0.25) is 0 Å². The van der Waals surface area contributed by atoms with Crippen molar-refractivity contribution in [1.29, 1.82) is 0 Å². The number of fused-ring (bicyclic) bond motifs is 1. The normalized spacial score (nSPS) is 16.2. The smallest absolute Gasteiger partial charge is 0.311 e. The van der Waals surface area contributed by atoms with Crippen LogP contribution in [-0.2, 0) is 40.6 Å². The first-order valence-corrected chi connectivity index (χ1v) is 17.0. The molecule has 2 aromatic rings. The summed E-state index contributed by atoms with van der Waals surface area (Å²) in [5, 5.41) is 10.0. The Morgan fingerprint density at radius 3 is 2.12 bits per heavy atom. The number of hydrogen-bond acceptors (Lipinski definition) is 8. The Morgan fingerprint density at radius 2 is 1.59 bits per heavy atom. The Morgan fingerprint density at radius 1 is 0.976 bits per heavy atom. The van der Waals surface area contributed by atoms with Gasteiger partial charge in [-0.3, -0.25) is 23.4 Å². The molecule has 1 heterocycles. The summed E-state index contributed by atoms with van der Waals surface area (Å²) in [4.78, 5) is 16.1. The third kappa shape index (κ3) is 8.27. The highest BCUT2D eigenvalue weighted by Crippen LogP contribution is 2.46. The molecule has 0 aliphatic carbocycles. The van der Waals surface area contributed by atoms with Gasteiger partial charge in [-0.1, -0.05) is 18.2 Å². The second kappa shape index (κ2) is 12.1. The summed E-state index contributed by atoms with van der Waals surface area (Å²) in [6.07, 6.45) is 1.06. The SMILES string of the molecule is CC1(C)C(CC=Nc2ccccc2)=[N+](CCCS(=O)(=O)O)c2cc(S(=O)(=O)O)cc(C(CCS(=O)(=O)O)C(=O)O)c21. The predicted octanol–water partition coefficient (Wildman–Crippen LogP) is 2.83. The lowest BCUT2D eigenvalue weighted by molar-refractivity contribution is -0.439. The van der Waals surface area contributed by atoms with Crippen LogP contribution in [0, 0.1) is 0 Å². The molecule has 3 rings (SSSR count). The number of benzene rings is 2.